The Hall–Kier alpha value is -7.33. The number of alkyl halides is 4. The summed E-state index contributed by atoms with van der Waals surface area (Å²) in [5.41, 5.74) is -4.46. The molecule has 28 heteroatoms. The summed E-state index contributed by atoms with van der Waals surface area (Å²) in [5, 5.41) is 10.8. The number of Topliss-reactive ketones (excluding diaryl/α,β-unsaturated/α-hetero) is 1. The van der Waals surface area contributed by atoms with Crippen LogP contribution in [0.2, 0.25) is 0 Å². The lowest BCUT2D eigenvalue weighted by Crippen LogP contribution is -2.66. The zero-order chi connectivity index (χ0) is 92.9. The highest BCUT2D eigenvalue weighted by atomic mass is 19.3. The SMILES string of the molecule is C=C(C)C(=O)OC1(CC(=O)OC23CC4CC(C2)C(=O)C(C4)C3)CCCC1.C=C(C)C(=O)OC1(CC(=O)OC23CC4CC(C2)C2(OCC(F)(F)C(F)(F)CO2)C(C4)C3)CCCC1.C=C(C)C(=O)OC1(CC(=O)OC23CC4CC(CC(C4)C2)C3)CCCC1.C=C(C)C(=O)OC1(CC(=O)OC23CC4CC(CC(O)(C4)C2)C3)CCCC1.C=C(C)C(=O)OC1(CCC(=O)OC)CCCC1. The van der Waals surface area contributed by atoms with Crippen molar-refractivity contribution in [2.45, 2.75) is 416 Å². The molecule has 1 aliphatic heterocycles. The first-order valence-electron chi connectivity index (χ1n) is 48.3. The molecule has 1 saturated heterocycles. The largest absolute Gasteiger partial charge is 0.469 e. The zero-order valence-corrected chi connectivity index (χ0v) is 77.1. The van der Waals surface area contributed by atoms with Crippen LogP contribution in [0.5, 0.6) is 0 Å². The van der Waals surface area contributed by atoms with Crippen molar-refractivity contribution in [1.29, 1.82) is 0 Å². The molecule has 1 heterocycles. The van der Waals surface area contributed by atoms with Gasteiger partial charge in [0.1, 0.15) is 69.4 Å². The summed E-state index contributed by atoms with van der Waals surface area (Å²) in [6.07, 6.45) is 36.7. The highest BCUT2D eigenvalue weighted by molar-refractivity contribution is 5.90. The van der Waals surface area contributed by atoms with Gasteiger partial charge in [-0.15, -0.1) is 0 Å². The first-order valence-corrected chi connectivity index (χ1v) is 48.3. The second kappa shape index (κ2) is 37.9. The van der Waals surface area contributed by atoms with Gasteiger partial charge in [-0.1, -0.05) is 32.9 Å². The van der Waals surface area contributed by atoms with Crippen molar-refractivity contribution >= 4 is 65.5 Å². The number of ketones is 1. The normalized spacial score (nSPS) is 35.2. The fourth-order valence-corrected chi connectivity index (χ4v) is 28.1. The summed E-state index contributed by atoms with van der Waals surface area (Å²) in [5.74, 6) is -10.2. The molecule has 16 bridgehead atoms. The summed E-state index contributed by atoms with van der Waals surface area (Å²) in [6, 6.07) is 0. The Kier molecular flexibility index (Phi) is 28.7. The summed E-state index contributed by atoms with van der Waals surface area (Å²) >= 11 is 0. The Morgan fingerprint density at radius 3 is 0.915 bits per heavy atom. The van der Waals surface area contributed by atoms with Gasteiger partial charge >= 0.3 is 71.5 Å². The molecule has 22 aliphatic rings. The van der Waals surface area contributed by atoms with Crippen LogP contribution in [0.25, 0.3) is 0 Å². The third kappa shape index (κ3) is 22.2. The molecule has 21 saturated carbocycles. The average Bonchev–Trinajstić information content (AvgIpc) is 1.70. The minimum atomic E-state index is -4.31. The quantitative estimate of drug-likeness (QED) is 0.0384. The topological polar surface area (TPSA) is 319 Å². The summed E-state index contributed by atoms with van der Waals surface area (Å²) in [6.45, 7) is 23.4. The van der Waals surface area contributed by atoms with Crippen molar-refractivity contribution in [2.75, 3.05) is 20.3 Å². The molecular formula is C101H140F4O24. The number of carbonyl (C=O) groups is 11. The van der Waals surface area contributed by atoms with Gasteiger partial charge in [0.2, 0.25) is 0 Å². The molecule has 21 aliphatic carbocycles. The van der Waals surface area contributed by atoms with Crippen LogP contribution in [-0.2, 0) is 110 Å². The first-order chi connectivity index (χ1) is 60.7. The van der Waals surface area contributed by atoms with Crippen LogP contribution in [0.4, 0.5) is 17.6 Å². The number of halogens is 4. The number of hydrogen-bond acceptors (Lipinski definition) is 24. The summed E-state index contributed by atoms with van der Waals surface area (Å²) in [4.78, 5) is 135. The Bertz CT molecular complexity index is 4230. The maximum Gasteiger partial charge on any atom is 0.335 e. The summed E-state index contributed by atoms with van der Waals surface area (Å²) in [7, 11) is 1.36. The molecular weight excluding hydrogens is 1670 g/mol. The molecule has 6 unspecified atom stereocenters. The lowest BCUT2D eigenvalue weighted by molar-refractivity contribution is -0.355. The zero-order valence-electron chi connectivity index (χ0n) is 77.1. The molecule has 0 amide bonds. The molecule has 22 rings (SSSR count). The van der Waals surface area contributed by atoms with E-state index in [2.05, 4.69) is 37.6 Å². The standard InChI is InChI=1S/C25H32F4O6.C21H30O5.C21H28O5.C21H30O4.C13H20O4/c1-15(2)20(31)35-21(5-3-4-6-21)12-19(30)34-22-9-16-7-17(10-22)25(18(8-16)11-22)32-13-23(26,27)24(28,29)14-33-25;1-14(2)18(23)26-20(5-3-4-6-20)12-17(22)25-21-10-15-7-16(11-21)9-19(24,8-15)13-21;1-13(2)19(24)26-20(5-3-4-6-20)12-17(22)25-21-9-14-7-15(10-21)18(23)16(8-14)11-21;1-14(2)19(23)25-20(5-3-4-6-20)13-18(22)24-21-10-15-7-16(11-21)9-17(8-15)12-21;1-10(2)12(15)17-13(7-4-5-8-13)9-6-11(14)16-3/h16-18H,1,3-14H2,2H3;15-16,24H,1,3-13H2,2H3;14-16H,1,3-12H2,2H3;15-17H,1,3-13H2,2H3;1,4-9H2,2-3H3. The van der Waals surface area contributed by atoms with E-state index < -0.39 is 117 Å². The Labute approximate surface area is 756 Å². The predicted molar refractivity (Wildman–Crippen MR) is 460 cm³/mol. The molecule has 1 N–H and O–H groups in total. The van der Waals surface area contributed by atoms with E-state index in [1.807, 2.05) is 0 Å². The van der Waals surface area contributed by atoms with Crippen molar-refractivity contribution in [2.24, 2.45) is 65.1 Å². The third-order valence-electron chi connectivity index (χ3n) is 32.7. The van der Waals surface area contributed by atoms with Crippen molar-refractivity contribution in [3.63, 3.8) is 0 Å². The second-order valence-electron chi connectivity index (χ2n) is 44.1. The highest BCUT2D eigenvalue weighted by Crippen LogP contribution is 2.66. The van der Waals surface area contributed by atoms with Gasteiger partial charge in [0, 0.05) is 64.4 Å². The van der Waals surface area contributed by atoms with Crippen molar-refractivity contribution < 1.29 is 132 Å². The Morgan fingerprint density at radius 2 is 0.605 bits per heavy atom. The van der Waals surface area contributed by atoms with Gasteiger partial charge in [-0.3, -0.25) is 28.8 Å². The Morgan fingerprint density at radius 1 is 0.341 bits per heavy atom. The number of methoxy groups -OCH3 is 1. The number of carbonyl (C=O) groups excluding carboxylic acids is 11. The van der Waals surface area contributed by atoms with E-state index in [0.29, 0.717) is 149 Å². The molecule has 0 aromatic rings. The van der Waals surface area contributed by atoms with Gasteiger partial charge < -0.3 is 61.9 Å². The molecule has 0 aromatic heterocycles. The van der Waals surface area contributed by atoms with Crippen molar-refractivity contribution in [3.8, 4) is 0 Å². The molecule has 0 aromatic carbocycles. The van der Waals surface area contributed by atoms with Gasteiger partial charge in [0.25, 0.3) is 0 Å². The van der Waals surface area contributed by atoms with Crippen LogP contribution >= 0.6 is 0 Å². The minimum absolute atomic E-state index is 0.0651. The van der Waals surface area contributed by atoms with Crippen LogP contribution in [0.15, 0.2) is 60.8 Å². The van der Waals surface area contributed by atoms with E-state index in [9.17, 15) is 75.4 Å². The fourth-order valence-electron chi connectivity index (χ4n) is 28.1. The predicted octanol–water partition coefficient (Wildman–Crippen LogP) is 18.6. The van der Waals surface area contributed by atoms with E-state index in [0.717, 1.165) is 178 Å². The number of hydrogen-bond donors (Lipinski definition) is 1. The monoisotopic (exact) mass is 1810 g/mol. The highest BCUT2D eigenvalue weighted by Gasteiger charge is 2.71. The average molecular weight is 1810 g/mol. The fraction of sp³-hybridized carbons (Fsp3) is 0.792. The van der Waals surface area contributed by atoms with Gasteiger partial charge in [0.05, 0.1) is 38.4 Å². The Balaban J connectivity index is 0.000000132. The van der Waals surface area contributed by atoms with E-state index >= 15 is 0 Å². The number of rotatable bonds is 25. The van der Waals surface area contributed by atoms with E-state index in [4.69, 9.17) is 52.1 Å². The number of aliphatic hydroxyl groups is 1. The van der Waals surface area contributed by atoms with Crippen LogP contribution in [0, 0.1) is 65.1 Å². The molecule has 716 valence electrons. The van der Waals surface area contributed by atoms with E-state index in [-0.39, 0.29) is 90.4 Å². The van der Waals surface area contributed by atoms with E-state index in [1.54, 1.807) is 34.6 Å². The van der Waals surface area contributed by atoms with Gasteiger partial charge in [-0.05, 0) is 346 Å². The van der Waals surface area contributed by atoms with Gasteiger partial charge in [-0.2, -0.15) is 17.6 Å². The minimum Gasteiger partial charge on any atom is -0.469 e. The van der Waals surface area contributed by atoms with Crippen molar-refractivity contribution in [1.82, 2.24) is 0 Å². The molecule has 129 heavy (non-hydrogen) atoms. The maximum absolute atomic E-state index is 14.0. The first kappa shape index (κ1) is 97.7. The van der Waals surface area contributed by atoms with E-state index in [1.165, 1.54) is 26.4 Å². The van der Waals surface area contributed by atoms with Crippen LogP contribution in [-0.4, -0.2) is 165 Å². The van der Waals surface area contributed by atoms with Gasteiger partial charge in [0.15, 0.2) is 5.79 Å². The smallest absolute Gasteiger partial charge is 0.335 e. The molecule has 0 radical (unpaired) electrons. The molecule has 6 atom stereocenters. The lowest BCUT2D eigenvalue weighted by atomic mass is 9.51. The number of esters is 10. The van der Waals surface area contributed by atoms with Crippen LogP contribution in [0.3, 0.4) is 0 Å². The maximum atomic E-state index is 14.0. The molecule has 22 fully saturated rings. The second-order valence-corrected chi connectivity index (χ2v) is 44.1. The van der Waals surface area contributed by atoms with Crippen LogP contribution < -0.4 is 0 Å². The van der Waals surface area contributed by atoms with Crippen molar-refractivity contribution in [3.05, 3.63) is 60.8 Å². The van der Waals surface area contributed by atoms with Gasteiger partial charge in [-0.25, -0.2) is 24.0 Å². The molecule has 1 spiro atoms. The lowest BCUT2D eigenvalue weighted by Gasteiger charge is -2.63. The number of ether oxygens (including phenoxy) is 12. The summed E-state index contributed by atoms with van der Waals surface area (Å²) < 4.78 is 124. The third-order valence-corrected chi connectivity index (χ3v) is 32.7. The molecule has 24 nitrogen and oxygen atoms in total. The van der Waals surface area contributed by atoms with Crippen LogP contribution in [0.1, 0.15) is 343 Å².